The molecule has 60 valence electrons. The van der Waals surface area contributed by atoms with Gasteiger partial charge in [-0.1, -0.05) is 49.8 Å². The van der Waals surface area contributed by atoms with Gasteiger partial charge in [-0.25, -0.2) is 0 Å². The van der Waals surface area contributed by atoms with Crippen molar-refractivity contribution in [1.29, 1.82) is 0 Å². The lowest BCUT2D eigenvalue weighted by Crippen LogP contribution is -1.93. The lowest BCUT2D eigenvalue weighted by molar-refractivity contribution is 0.714. The fourth-order valence-electron chi connectivity index (χ4n) is 1.23. The van der Waals surface area contributed by atoms with Crippen LogP contribution < -0.4 is 0 Å². The number of rotatable bonds is 1. The van der Waals surface area contributed by atoms with Crippen molar-refractivity contribution >= 4 is 0 Å². The van der Waals surface area contributed by atoms with Crippen molar-refractivity contribution in [2.75, 3.05) is 0 Å². The zero-order valence-corrected chi connectivity index (χ0v) is 7.38. The van der Waals surface area contributed by atoms with Gasteiger partial charge in [-0.2, -0.15) is 0 Å². The van der Waals surface area contributed by atoms with E-state index in [1.54, 1.807) is 5.57 Å². The first kappa shape index (κ1) is 8.32. The Hall–Kier alpha value is -0.780. The van der Waals surface area contributed by atoms with E-state index in [1.807, 2.05) is 0 Å². The monoisotopic (exact) mass is 148 g/mol. The molecule has 0 saturated heterocycles. The van der Waals surface area contributed by atoms with Crippen LogP contribution in [0.5, 0.6) is 0 Å². The molecule has 11 heavy (non-hydrogen) atoms. The van der Waals surface area contributed by atoms with Crippen LogP contribution in [0.4, 0.5) is 0 Å². The summed E-state index contributed by atoms with van der Waals surface area (Å²) in [7, 11) is 0. The molecule has 0 fully saturated rings. The molecule has 0 heterocycles. The summed E-state index contributed by atoms with van der Waals surface area (Å²) in [5.74, 6) is 0.700. The molecular weight excluding hydrogens is 132 g/mol. The third-order valence-electron chi connectivity index (χ3n) is 2.01. The second-order valence-electron chi connectivity index (χ2n) is 3.25. The Morgan fingerprint density at radius 2 is 2.00 bits per heavy atom. The molecule has 1 aliphatic carbocycles. The van der Waals surface area contributed by atoms with Crippen LogP contribution in [0.1, 0.15) is 26.7 Å². The Morgan fingerprint density at radius 3 is 2.73 bits per heavy atom. The van der Waals surface area contributed by atoms with Crippen molar-refractivity contribution in [2.45, 2.75) is 26.7 Å². The first-order valence-corrected chi connectivity index (χ1v) is 4.33. The predicted molar refractivity (Wildman–Crippen MR) is 50.4 cm³/mol. The van der Waals surface area contributed by atoms with Crippen molar-refractivity contribution in [3.05, 3.63) is 36.0 Å². The molecular formula is C11H16. The summed E-state index contributed by atoms with van der Waals surface area (Å²) in [6.45, 7) is 4.51. The highest BCUT2D eigenvalue weighted by Crippen LogP contribution is 2.17. The molecule has 0 amide bonds. The molecule has 0 saturated carbocycles. The van der Waals surface area contributed by atoms with Gasteiger partial charge in [0.2, 0.25) is 0 Å². The second kappa shape index (κ2) is 4.17. The Kier molecular flexibility index (Phi) is 3.15. The molecule has 0 N–H and O–H groups in total. The smallest absolute Gasteiger partial charge is 0.0257 e. The number of allylic oxidation sites excluding steroid dienone is 6. The maximum Gasteiger partial charge on any atom is -0.0257 e. The van der Waals surface area contributed by atoms with Crippen LogP contribution in [0.15, 0.2) is 36.0 Å². The van der Waals surface area contributed by atoms with Gasteiger partial charge in [0.15, 0.2) is 0 Å². The minimum atomic E-state index is 0.700. The molecule has 0 nitrogen and oxygen atoms in total. The molecule has 0 radical (unpaired) electrons. The van der Waals surface area contributed by atoms with Crippen molar-refractivity contribution < 1.29 is 0 Å². The Balaban J connectivity index is 2.65. The number of hydrogen-bond donors (Lipinski definition) is 0. The minimum Gasteiger partial charge on any atom is -0.0842 e. The van der Waals surface area contributed by atoms with Gasteiger partial charge in [-0.3, -0.25) is 0 Å². The fourth-order valence-corrected chi connectivity index (χ4v) is 1.23. The summed E-state index contributed by atoms with van der Waals surface area (Å²) in [4.78, 5) is 0. The summed E-state index contributed by atoms with van der Waals surface area (Å²) < 4.78 is 0. The summed E-state index contributed by atoms with van der Waals surface area (Å²) in [5, 5.41) is 0. The van der Waals surface area contributed by atoms with Crippen molar-refractivity contribution in [3.8, 4) is 0 Å². The quantitative estimate of drug-likeness (QED) is 0.534. The van der Waals surface area contributed by atoms with E-state index in [4.69, 9.17) is 0 Å². The van der Waals surface area contributed by atoms with E-state index < -0.39 is 0 Å². The van der Waals surface area contributed by atoms with Gasteiger partial charge >= 0.3 is 0 Å². The van der Waals surface area contributed by atoms with Crippen LogP contribution in [-0.2, 0) is 0 Å². The molecule has 0 unspecified atom stereocenters. The first-order chi connectivity index (χ1) is 5.30. The second-order valence-corrected chi connectivity index (χ2v) is 3.25. The molecule has 0 bridgehead atoms. The van der Waals surface area contributed by atoms with Crippen LogP contribution >= 0.6 is 0 Å². The van der Waals surface area contributed by atoms with E-state index in [9.17, 15) is 0 Å². The van der Waals surface area contributed by atoms with Gasteiger partial charge in [0.1, 0.15) is 0 Å². The van der Waals surface area contributed by atoms with Crippen LogP contribution in [0.3, 0.4) is 0 Å². The van der Waals surface area contributed by atoms with Crippen LogP contribution in [0, 0.1) is 5.92 Å². The van der Waals surface area contributed by atoms with E-state index in [1.165, 1.54) is 12.8 Å². The highest BCUT2D eigenvalue weighted by molar-refractivity contribution is 5.20. The van der Waals surface area contributed by atoms with Crippen LogP contribution in [0.2, 0.25) is 0 Å². The van der Waals surface area contributed by atoms with Crippen molar-refractivity contribution in [1.82, 2.24) is 0 Å². The van der Waals surface area contributed by atoms with E-state index in [0.29, 0.717) is 5.92 Å². The standard InChI is InChI=1S/C11H16/c1-10(2)11-8-6-4-3-5-7-9-11/h3-6,8,10H,7,9H2,1-2H3/b5-3-,6-4-,11-8+. The third-order valence-corrected chi connectivity index (χ3v) is 2.01. The fraction of sp³-hybridized carbons (Fsp3) is 0.455. The molecule has 0 atom stereocenters. The largest absolute Gasteiger partial charge is 0.0842 e. The highest BCUT2D eigenvalue weighted by atomic mass is 14.1. The van der Waals surface area contributed by atoms with Gasteiger partial charge in [0, 0.05) is 0 Å². The molecule has 0 spiro atoms. The van der Waals surface area contributed by atoms with E-state index in [-0.39, 0.29) is 0 Å². The first-order valence-electron chi connectivity index (χ1n) is 4.33. The van der Waals surface area contributed by atoms with E-state index in [2.05, 4.69) is 44.2 Å². The van der Waals surface area contributed by atoms with Gasteiger partial charge in [-0.05, 0) is 18.8 Å². The van der Waals surface area contributed by atoms with Gasteiger partial charge in [0.25, 0.3) is 0 Å². The van der Waals surface area contributed by atoms with Gasteiger partial charge < -0.3 is 0 Å². The molecule has 0 heteroatoms. The Morgan fingerprint density at radius 1 is 1.18 bits per heavy atom. The average Bonchev–Trinajstić information content (AvgIpc) is 1.84. The summed E-state index contributed by atoms with van der Waals surface area (Å²) in [5.41, 5.74) is 1.56. The SMILES string of the molecule is CC(C)/C1=C/C=C\C=C/CC1. The lowest BCUT2D eigenvalue weighted by Gasteiger charge is -2.09. The van der Waals surface area contributed by atoms with E-state index >= 15 is 0 Å². The molecule has 0 aromatic heterocycles. The molecule has 0 aromatic rings. The Bertz CT molecular complexity index is 192. The molecule has 0 aromatic carbocycles. The molecule has 1 aliphatic rings. The van der Waals surface area contributed by atoms with Gasteiger partial charge in [-0.15, -0.1) is 0 Å². The van der Waals surface area contributed by atoms with E-state index in [0.717, 1.165) is 0 Å². The topological polar surface area (TPSA) is 0 Å². The maximum absolute atomic E-state index is 2.25. The average molecular weight is 148 g/mol. The zero-order valence-electron chi connectivity index (χ0n) is 7.38. The summed E-state index contributed by atoms with van der Waals surface area (Å²) in [6, 6.07) is 0. The van der Waals surface area contributed by atoms with Gasteiger partial charge in [0.05, 0.1) is 0 Å². The van der Waals surface area contributed by atoms with Crippen molar-refractivity contribution in [2.24, 2.45) is 5.92 Å². The predicted octanol–water partition coefficient (Wildman–Crippen LogP) is 3.48. The van der Waals surface area contributed by atoms with Crippen LogP contribution in [-0.4, -0.2) is 0 Å². The van der Waals surface area contributed by atoms with Crippen molar-refractivity contribution in [3.63, 3.8) is 0 Å². The lowest BCUT2D eigenvalue weighted by atomic mass is 9.97. The molecule has 1 rings (SSSR count). The zero-order chi connectivity index (χ0) is 8.10. The Labute approximate surface area is 69.3 Å². The summed E-state index contributed by atoms with van der Waals surface area (Å²) in [6.07, 6.45) is 13.2. The molecule has 0 aliphatic heterocycles. The number of hydrogen-bond acceptors (Lipinski definition) is 0. The highest BCUT2D eigenvalue weighted by Gasteiger charge is 2.00. The van der Waals surface area contributed by atoms with Crippen LogP contribution in [0.25, 0.3) is 0 Å². The summed E-state index contributed by atoms with van der Waals surface area (Å²) >= 11 is 0. The maximum atomic E-state index is 2.25. The third kappa shape index (κ3) is 2.75. The minimum absolute atomic E-state index is 0.700. The normalized spacial score (nSPS) is 28.5.